The van der Waals surface area contributed by atoms with Gasteiger partial charge in [-0.05, 0) is 25.5 Å². The lowest BCUT2D eigenvalue weighted by molar-refractivity contribution is -0.150. The van der Waals surface area contributed by atoms with Crippen LogP contribution in [0, 0.1) is 11.3 Å². The molecular weight excluding hydrogens is 364 g/mol. The van der Waals surface area contributed by atoms with E-state index in [9.17, 15) is 18.0 Å². The molecule has 1 heterocycles. The third-order valence-corrected chi connectivity index (χ3v) is 6.87. The number of rotatable bonds is 6. The highest BCUT2D eigenvalue weighted by Crippen LogP contribution is 2.24. The molecule has 0 spiro atoms. The Kier molecular flexibility index (Phi) is 6.45. The Morgan fingerprint density at radius 2 is 2.16 bits per heavy atom. The van der Waals surface area contributed by atoms with Crippen molar-refractivity contribution in [1.29, 1.82) is 5.26 Å². The molecule has 25 heavy (non-hydrogen) atoms. The van der Waals surface area contributed by atoms with Gasteiger partial charge in [0.25, 0.3) is 5.91 Å². The molecule has 2 rings (SSSR count). The third-order valence-electron chi connectivity index (χ3n) is 3.61. The van der Waals surface area contributed by atoms with Crippen LogP contribution in [-0.4, -0.2) is 48.9 Å². The summed E-state index contributed by atoms with van der Waals surface area (Å²) in [5.41, 5.74) is 0.663. The predicted molar refractivity (Wildman–Crippen MR) is 94.9 cm³/mol. The topological polar surface area (TPSA) is 113 Å². The summed E-state index contributed by atoms with van der Waals surface area (Å²) in [6.45, 7) is 1.44. The highest BCUT2D eigenvalue weighted by molar-refractivity contribution is 8.02. The molecule has 0 aliphatic carbocycles. The Balaban J connectivity index is 1.80. The fraction of sp³-hybridized carbons (Fsp3) is 0.438. The maximum Gasteiger partial charge on any atom is 0.316 e. The number of sulfone groups is 1. The van der Waals surface area contributed by atoms with E-state index in [2.05, 4.69) is 5.32 Å². The van der Waals surface area contributed by atoms with Gasteiger partial charge >= 0.3 is 5.97 Å². The predicted octanol–water partition coefficient (Wildman–Crippen LogP) is 1.35. The van der Waals surface area contributed by atoms with Gasteiger partial charge < -0.3 is 10.1 Å². The number of nitrogens with one attached hydrogen (secondary N) is 1. The number of para-hydroxylation sites is 1. The molecule has 1 fully saturated rings. The Labute approximate surface area is 150 Å². The molecule has 2 atom stereocenters. The summed E-state index contributed by atoms with van der Waals surface area (Å²) in [6.07, 6.45) is -0.492. The molecule has 1 aliphatic heterocycles. The van der Waals surface area contributed by atoms with E-state index < -0.39 is 27.8 Å². The van der Waals surface area contributed by atoms with Crippen LogP contribution < -0.4 is 5.32 Å². The van der Waals surface area contributed by atoms with Crippen LogP contribution in [0.5, 0.6) is 0 Å². The Hall–Kier alpha value is -2.05. The number of nitriles is 1. The van der Waals surface area contributed by atoms with Gasteiger partial charge in [0.1, 0.15) is 6.07 Å². The first-order valence-corrected chi connectivity index (χ1v) is 10.5. The molecule has 1 amide bonds. The van der Waals surface area contributed by atoms with Crippen LogP contribution in [0.1, 0.15) is 18.9 Å². The second kappa shape index (κ2) is 8.36. The smallest absolute Gasteiger partial charge is 0.316 e. The fourth-order valence-corrected chi connectivity index (χ4v) is 5.71. The monoisotopic (exact) mass is 382 g/mol. The number of hydrogen-bond acceptors (Lipinski definition) is 7. The molecule has 1 aromatic carbocycles. The summed E-state index contributed by atoms with van der Waals surface area (Å²) in [7, 11) is -2.98. The molecule has 134 valence electrons. The number of amides is 1. The van der Waals surface area contributed by atoms with Gasteiger partial charge in [-0.3, -0.25) is 9.59 Å². The third kappa shape index (κ3) is 5.76. The van der Waals surface area contributed by atoms with Crippen molar-refractivity contribution >= 4 is 39.2 Å². The summed E-state index contributed by atoms with van der Waals surface area (Å²) in [4.78, 5) is 23.9. The highest BCUT2D eigenvalue weighted by Gasteiger charge is 2.29. The lowest BCUT2D eigenvalue weighted by Gasteiger charge is -2.14. The molecule has 0 radical (unpaired) electrons. The molecule has 1 saturated heterocycles. The van der Waals surface area contributed by atoms with Crippen LogP contribution in [0.15, 0.2) is 24.3 Å². The minimum atomic E-state index is -2.98. The number of carbonyl (C=O) groups excluding carboxylic acids is 2. The van der Waals surface area contributed by atoms with Crippen LogP contribution in [0.3, 0.4) is 0 Å². The zero-order valence-corrected chi connectivity index (χ0v) is 15.2. The number of ether oxygens (including phenoxy) is 1. The van der Waals surface area contributed by atoms with Crippen molar-refractivity contribution in [2.45, 2.75) is 24.7 Å². The zero-order valence-electron chi connectivity index (χ0n) is 13.6. The van der Waals surface area contributed by atoms with E-state index in [4.69, 9.17) is 10.00 Å². The molecular formula is C16H18N2O5S2. The Morgan fingerprint density at radius 3 is 2.80 bits per heavy atom. The molecule has 0 saturated carbocycles. The van der Waals surface area contributed by atoms with Gasteiger partial charge in [-0.15, -0.1) is 11.8 Å². The quantitative estimate of drug-likeness (QED) is 0.739. The van der Waals surface area contributed by atoms with E-state index in [1.54, 1.807) is 24.3 Å². The van der Waals surface area contributed by atoms with Gasteiger partial charge in [-0.1, -0.05) is 12.1 Å². The van der Waals surface area contributed by atoms with Gasteiger partial charge in [0, 0.05) is 5.25 Å². The number of nitrogens with zero attached hydrogens (tertiary/aromatic N) is 1. The van der Waals surface area contributed by atoms with Crippen LogP contribution in [-0.2, 0) is 24.2 Å². The molecule has 1 aromatic rings. The van der Waals surface area contributed by atoms with Crippen molar-refractivity contribution in [1.82, 2.24) is 0 Å². The molecule has 9 heteroatoms. The summed E-state index contributed by atoms with van der Waals surface area (Å²) in [5.74, 6) is -0.898. The average molecular weight is 382 g/mol. The van der Waals surface area contributed by atoms with Gasteiger partial charge in [-0.2, -0.15) is 5.26 Å². The molecule has 1 aliphatic rings. The van der Waals surface area contributed by atoms with Crippen molar-refractivity contribution in [3.63, 3.8) is 0 Å². The van der Waals surface area contributed by atoms with Crippen LogP contribution in [0.25, 0.3) is 0 Å². The molecule has 7 nitrogen and oxygen atoms in total. The number of carbonyl (C=O) groups is 2. The van der Waals surface area contributed by atoms with E-state index in [0.717, 1.165) is 0 Å². The second-order valence-corrected chi connectivity index (χ2v) is 9.13. The zero-order chi connectivity index (χ0) is 18.4. The number of anilines is 1. The average Bonchev–Trinajstić information content (AvgIpc) is 2.92. The highest BCUT2D eigenvalue weighted by atomic mass is 32.2. The van der Waals surface area contributed by atoms with Crippen molar-refractivity contribution in [3.05, 3.63) is 29.8 Å². The first-order chi connectivity index (χ1) is 11.8. The number of esters is 1. The van der Waals surface area contributed by atoms with E-state index >= 15 is 0 Å². The van der Waals surface area contributed by atoms with Crippen molar-refractivity contribution in [2.24, 2.45) is 0 Å². The SMILES string of the molecule is C[C@H](OC(=O)CS[C@@H]1CCS(=O)(=O)C1)C(=O)Nc1ccccc1C#N. The summed E-state index contributed by atoms with van der Waals surface area (Å²) in [6, 6.07) is 8.48. The first-order valence-electron chi connectivity index (χ1n) is 7.62. The second-order valence-electron chi connectivity index (χ2n) is 5.61. The van der Waals surface area contributed by atoms with Gasteiger partial charge in [-0.25, -0.2) is 8.42 Å². The van der Waals surface area contributed by atoms with Crippen molar-refractivity contribution < 1.29 is 22.7 Å². The maximum atomic E-state index is 12.1. The van der Waals surface area contributed by atoms with Crippen molar-refractivity contribution in [3.8, 4) is 6.07 Å². The van der Waals surface area contributed by atoms with Gasteiger partial charge in [0.05, 0.1) is 28.5 Å². The lowest BCUT2D eigenvalue weighted by Crippen LogP contribution is -2.31. The van der Waals surface area contributed by atoms with Crippen LogP contribution >= 0.6 is 11.8 Å². The Bertz CT molecular complexity index is 801. The first kappa shape index (κ1) is 19.3. The minimum Gasteiger partial charge on any atom is -0.452 e. The standard InChI is InChI=1S/C16H18N2O5S2/c1-11(16(20)18-14-5-3-2-4-12(14)8-17)23-15(19)9-24-13-6-7-25(21,22)10-13/h2-5,11,13H,6-7,9-10H2,1H3,(H,18,20)/t11-,13+/m0/s1. The lowest BCUT2D eigenvalue weighted by atomic mass is 10.2. The summed E-state index contributed by atoms with van der Waals surface area (Å²) in [5, 5.41) is 11.4. The minimum absolute atomic E-state index is 0.00735. The maximum absolute atomic E-state index is 12.1. The Morgan fingerprint density at radius 1 is 1.44 bits per heavy atom. The normalized spacial score (nSPS) is 19.6. The molecule has 0 unspecified atom stereocenters. The fourth-order valence-electron chi connectivity index (χ4n) is 2.29. The number of benzene rings is 1. The van der Waals surface area contributed by atoms with E-state index in [1.165, 1.54) is 18.7 Å². The van der Waals surface area contributed by atoms with Gasteiger partial charge in [0.2, 0.25) is 0 Å². The molecule has 1 N–H and O–H groups in total. The summed E-state index contributed by atoms with van der Waals surface area (Å²) >= 11 is 1.23. The van der Waals surface area contributed by atoms with Gasteiger partial charge in [0.15, 0.2) is 15.9 Å². The molecule has 0 aromatic heterocycles. The number of hydrogen-bond donors (Lipinski definition) is 1. The number of thioether (sulfide) groups is 1. The van der Waals surface area contributed by atoms with E-state index in [-0.39, 0.29) is 22.5 Å². The molecule has 0 bridgehead atoms. The summed E-state index contributed by atoms with van der Waals surface area (Å²) < 4.78 is 27.8. The largest absolute Gasteiger partial charge is 0.452 e. The van der Waals surface area contributed by atoms with E-state index in [1.807, 2.05) is 6.07 Å². The van der Waals surface area contributed by atoms with E-state index in [0.29, 0.717) is 17.7 Å². The van der Waals surface area contributed by atoms with Crippen molar-refractivity contribution in [2.75, 3.05) is 22.6 Å². The van der Waals surface area contributed by atoms with Crippen LogP contribution in [0.2, 0.25) is 0 Å². The van der Waals surface area contributed by atoms with Crippen LogP contribution in [0.4, 0.5) is 5.69 Å².